The van der Waals surface area contributed by atoms with Gasteiger partial charge in [0.05, 0.1) is 0 Å². The molecule has 74 valence electrons. The first-order chi connectivity index (χ1) is 6.59. The molecule has 0 heterocycles. The van der Waals surface area contributed by atoms with Crippen LogP contribution in [0.25, 0.3) is 0 Å². The van der Waals surface area contributed by atoms with Crippen molar-refractivity contribution in [2.75, 3.05) is 0 Å². The lowest BCUT2D eigenvalue weighted by Gasteiger charge is -2.27. The Morgan fingerprint density at radius 2 is 2.43 bits per heavy atom. The van der Waals surface area contributed by atoms with Gasteiger partial charge < -0.3 is 4.74 Å². The molecule has 1 aliphatic carbocycles. The third kappa shape index (κ3) is 2.26. The van der Waals surface area contributed by atoms with Gasteiger partial charge in [-0.15, -0.1) is 6.42 Å². The summed E-state index contributed by atoms with van der Waals surface area (Å²) in [6.07, 6.45) is 11.8. The lowest BCUT2D eigenvalue weighted by Crippen LogP contribution is -2.33. The predicted octanol–water partition coefficient (Wildman–Crippen LogP) is 2.22. The SMILES string of the molecule is C#CC1(OC(=O)C(=C)C)C=CCCC1. The fraction of sp³-hybridized carbons (Fsp3) is 0.417. The molecule has 0 N–H and O–H groups in total. The maximum atomic E-state index is 11.3. The Hall–Kier alpha value is -1.49. The molecule has 0 aliphatic heterocycles. The normalized spacial score (nSPS) is 25.1. The molecule has 0 aromatic carbocycles. The lowest BCUT2D eigenvalue weighted by molar-refractivity contribution is -0.146. The van der Waals surface area contributed by atoms with E-state index < -0.39 is 11.6 Å². The van der Waals surface area contributed by atoms with Crippen LogP contribution in [-0.4, -0.2) is 11.6 Å². The molecule has 0 fully saturated rings. The minimum Gasteiger partial charge on any atom is -0.439 e. The average Bonchev–Trinajstić information content (AvgIpc) is 2.19. The second-order valence-corrected chi connectivity index (χ2v) is 3.50. The van der Waals surface area contributed by atoms with E-state index >= 15 is 0 Å². The van der Waals surface area contributed by atoms with Crippen molar-refractivity contribution in [1.29, 1.82) is 0 Å². The number of terminal acetylenes is 1. The molecule has 2 heteroatoms. The third-order valence-corrected chi connectivity index (χ3v) is 2.17. The quantitative estimate of drug-likeness (QED) is 0.289. The summed E-state index contributed by atoms with van der Waals surface area (Å²) < 4.78 is 5.23. The molecule has 2 nitrogen and oxygen atoms in total. The molecule has 0 radical (unpaired) electrons. The number of carbonyl (C=O) groups is 1. The lowest BCUT2D eigenvalue weighted by atomic mass is 9.91. The highest BCUT2D eigenvalue weighted by Gasteiger charge is 2.30. The molecule has 1 unspecified atom stereocenters. The van der Waals surface area contributed by atoms with Gasteiger partial charge in [-0.25, -0.2) is 4.79 Å². The van der Waals surface area contributed by atoms with Crippen LogP contribution >= 0.6 is 0 Å². The molecular weight excluding hydrogens is 176 g/mol. The molecule has 1 rings (SSSR count). The van der Waals surface area contributed by atoms with Crippen molar-refractivity contribution in [2.24, 2.45) is 0 Å². The van der Waals surface area contributed by atoms with Crippen LogP contribution in [0.2, 0.25) is 0 Å². The standard InChI is InChI=1S/C12H14O2/c1-4-12(8-6-5-7-9-12)14-11(13)10(2)3/h1,6,8H,2,5,7,9H2,3H3. The zero-order chi connectivity index (χ0) is 10.6. The van der Waals surface area contributed by atoms with Crippen molar-refractivity contribution >= 4 is 5.97 Å². The van der Waals surface area contributed by atoms with Gasteiger partial charge in [0, 0.05) is 12.0 Å². The maximum Gasteiger partial charge on any atom is 0.334 e. The first-order valence-corrected chi connectivity index (χ1v) is 4.64. The molecular formula is C12H14O2. The molecule has 1 atom stereocenters. The molecule has 0 aromatic rings. The molecule has 14 heavy (non-hydrogen) atoms. The van der Waals surface area contributed by atoms with Crippen molar-refractivity contribution < 1.29 is 9.53 Å². The molecule has 0 bridgehead atoms. The highest BCUT2D eigenvalue weighted by atomic mass is 16.6. The molecule has 0 aromatic heterocycles. The minimum atomic E-state index is -0.839. The van der Waals surface area contributed by atoms with Gasteiger partial charge in [-0.3, -0.25) is 0 Å². The van der Waals surface area contributed by atoms with Crippen molar-refractivity contribution in [3.05, 3.63) is 24.3 Å². The van der Waals surface area contributed by atoms with Crippen LogP contribution in [0.3, 0.4) is 0 Å². The number of carbonyl (C=O) groups excluding carboxylic acids is 1. The van der Waals surface area contributed by atoms with Crippen LogP contribution in [0.1, 0.15) is 26.2 Å². The largest absolute Gasteiger partial charge is 0.439 e. The Kier molecular flexibility index (Phi) is 3.14. The van der Waals surface area contributed by atoms with Crippen LogP contribution in [0.15, 0.2) is 24.3 Å². The van der Waals surface area contributed by atoms with Crippen molar-refractivity contribution in [3.63, 3.8) is 0 Å². The van der Waals surface area contributed by atoms with Crippen LogP contribution in [0.4, 0.5) is 0 Å². The van der Waals surface area contributed by atoms with Gasteiger partial charge in [0.1, 0.15) is 0 Å². The third-order valence-electron chi connectivity index (χ3n) is 2.17. The van der Waals surface area contributed by atoms with E-state index in [2.05, 4.69) is 12.5 Å². The number of allylic oxidation sites excluding steroid dienone is 1. The molecule has 0 amide bonds. The van der Waals surface area contributed by atoms with Gasteiger partial charge in [-0.1, -0.05) is 18.6 Å². The van der Waals surface area contributed by atoms with E-state index in [1.54, 1.807) is 13.0 Å². The fourth-order valence-corrected chi connectivity index (χ4v) is 1.33. The summed E-state index contributed by atoms with van der Waals surface area (Å²) in [5.41, 5.74) is -0.465. The van der Waals surface area contributed by atoms with E-state index in [1.807, 2.05) is 6.08 Å². The number of hydrogen-bond donors (Lipinski definition) is 0. The van der Waals surface area contributed by atoms with Crippen molar-refractivity contribution in [2.45, 2.75) is 31.8 Å². The topological polar surface area (TPSA) is 26.3 Å². The van der Waals surface area contributed by atoms with Crippen LogP contribution in [-0.2, 0) is 9.53 Å². The number of rotatable bonds is 2. The van der Waals surface area contributed by atoms with Gasteiger partial charge >= 0.3 is 5.97 Å². The molecule has 1 aliphatic rings. The monoisotopic (exact) mass is 190 g/mol. The highest BCUT2D eigenvalue weighted by Crippen LogP contribution is 2.26. The molecule has 0 saturated heterocycles. The van der Waals surface area contributed by atoms with Gasteiger partial charge in [-0.05, 0) is 25.8 Å². The van der Waals surface area contributed by atoms with Crippen molar-refractivity contribution in [3.8, 4) is 12.3 Å². The first kappa shape index (κ1) is 10.6. The predicted molar refractivity (Wildman–Crippen MR) is 55.5 cm³/mol. The molecule has 0 spiro atoms. The average molecular weight is 190 g/mol. The first-order valence-electron chi connectivity index (χ1n) is 4.64. The zero-order valence-electron chi connectivity index (χ0n) is 8.38. The van der Waals surface area contributed by atoms with Crippen LogP contribution in [0, 0.1) is 12.3 Å². The molecule has 0 saturated carbocycles. The summed E-state index contributed by atoms with van der Waals surface area (Å²) in [5, 5.41) is 0. The van der Waals surface area contributed by atoms with Gasteiger partial charge in [-0.2, -0.15) is 0 Å². The Morgan fingerprint density at radius 3 is 2.86 bits per heavy atom. The van der Waals surface area contributed by atoms with Crippen molar-refractivity contribution in [1.82, 2.24) is 0 Å². The Bertz CT molecular complexity index is 320. The van der Waals surface area contributed by atoms with E-state index in [4.69, 9.17) is 11.2 Å². The van der Waals surface area contributed by atoms with Crippen LogP contribution in [0.5, 0.6) is 0 Å². The smallest absolute Gasteiger partial charge is 0.334 e. The summed E-state index contributed by atoms with van der Waals surface area (Å²) in [4.78, 5) is 11.3. The van der Waals surface area contributed by atoms with E-state index in [0.717, 1.165) is 12.8 Å². The van der Waals surface area contributed by atoms with Gasteiger partial charge in [0.2, 0.25) is 0 Å². The van der Waals surface area contributed by atoms with E-state index in [0.29, 0.717) is 12.0 Å². The van der Waals surface area contributed by atoms with Gasteiger partial charge in [0.25, 0.3) is 0 Å². The Balaban J connectivity index is 2.77. The number of esters is 1. The van der Waals surface area contributed by atoms with E-state index in [1.165, 1.54) is 0 Å². The summed E-state index contributed by atoms with van der Waals surface area (Å²) in [6, 6.07) is 0. The Labute approximate surface area is 84.6 Å². The maximum absolute atomic E-state index is 11.3. The fourth-order valence-electron chi connectivity index (χ4n) is 1.33. The summed E-state index contributed by atoms with van der Waals surface area (Å²) in [6.45, 7) is 5.13. The van der Waals surface area contributed by atoms with Crippen LogP contribution < -0.4 is 0 Å². The second kappa shape index (κ2) is 4.15. The van der Waals surface area contributed by atoms with E-state index in [9.17, 15) is 4.79 Å². The summed E-state index contributed by atoms with van der Waals surface area (Å²) in [7, 11) is 0. The highest BCUT2D eigenvalue weighted by molar-refractivity contribution is 5.87. The second-order valence-electron chi connectivity index (χ2n) is 3.50. The van der Waals surface area contributed by atoms with E-state index in [-0.39, 0.29) is 0 Å². The minimum absolute atomic E-state index is 0.374. The summed E-state index contributed by atoms with van der Waals surface area (Å²) in [5.74, 6) is 2.11. The Morgan fingerprint density at radius 1 is 1.71 bits per heavy atom. The number of ether oxygens (including phenoxy) is 1. The number of hydrogen-bond acceptors (Lipinski definition) is 2. The zero-order valence-corrected chi connectivity index (χ0v) is 8.38. The van der Waals surface area contributed by atoms with Gasteiger partial charge in [0.15, 0.2) is 5.60 Å². The summed E-state index contributed by atoms with van der Waals surface area (Å²) >= 11 is 0.